The van der Waals surface area contributed by atoms with E-state index in [0.717, 1.165) is 10.8 Å². The number of thioether (sulfide) groups is 1. The zero-order valence-electron chi connectivity index (χ0n) is 8.41. The highest BCUT2D eigenvalue weighted by molar-refractivity contribution is 7.99. The summed E-state index contributed by atoms with van der Waals surface area (Å²) in [5, 5.41) is 0. The summed E-state index contributed by atoms with van der Waals surface area (Å²) < 4.78 is 0.863. The average Bonchev–Trinajstić information content (AvgIpc) is 2.85. The zero-order chi connectivity index (χ0) is 10.7. The van der Waals surface area contributed by atoms with Crippen molar-refractivity contribution in [2.75, 3.05) is 11.5 Å². The van der Waals surface area contributed by atoms with E-state index < -0.39 is 0 Å². The molecular weight excluding hydrogens is 248 g/mol. The summed E-state index contributed by atoms with van der Waals surface area (Å²) in [5.74, 6) is 8.83. The van der Waals surface area contributed by atoms with Gasteiger partial charge in [0.25, 0.3) is 0 Å². The van der Waals surface area contributed by atoms with Gasteiger partial charge >= 0.3 is 0 Å². The predicted molar refractivity (Wildman–Crippen MR) is 69.6 cm³/mol. The molecule has 2 unspecified atom stereocenters. The number of nitrogens with two attached hydrogens (primary N) is 1. The molecule has 2 rings (SSSR count). The molecule has 1 aliphatic rings. The molecule has 0 aromatic carbocycles. The molecule has 1 saturated heterocycles. The van der Waals surface area contributed by atoms with Gasteiger partial charge in [-0.25, -0.2) is 0 Å². The highest BCUT2D eigenvalue weighted by Crippen LogP contribution is 2.29. The molecule has 15 heavy (non-hydrogen) atoms. The van der Waals surface area contributed by atoms with Gasteiger partial charge in [-0.15, -0.1) is 11.3 Å². The molecule has 2 atom stereocenters. The molecule has 0 spiro atoms. The van der Waals surface area contributed by atoms with Crippen molar-refractivity contribution in [2.24, 2.45) is 11.8 Å². The fraction of sp³-hybridized carbons (Fsp3) is 0.600. The third kappa shape index (κ3) is 3.11. The van der Waals surface area contributed by atoms with Crippen LogP contribution < -0.4 is 11.3 Å². The SMILES string of the molecule is NNC(Cc1ccc(Cl)s1)C1CCSC1. The lowest BCUT2D eigenvalue weighted by Gasteiger charge is -2.21. The molecule has 1 fully saturated rings. The number of nitrogens with one attached hydrogen (secondary N) is 1. The van der Waals surface area contributed by atoms with E-state index in [2.05, 4.69) is 11.5 Å². The first-order chi connectivity index (χ1) is 7.29. The first-order valence-corrected chi connectivity index (χ1v) is 7.42. The van der Waals surface area contributed by atoms with Crippen molar-refractivity contribution in [3.8, 4) is 0 Å². The van der Waals surface area contributed by atoms with E-state index in [1.807, 2.05) is 17.8 Å². The van der Waals surface area contributed by atoms with Crippen molar-refractivity contribution in [3.63, 3.8) is 0 Å². The van der Waals surface area contributed by atoms with Crippen molar-refractivity contribution in [1.29, 1.82) is 0 Å². The Bertz CT molecular complexity index is 310. The normalized spacial score (nSPS) is 23.2. The fourth-order valence-corrected chi connectivity index (χ4v) is 4.39. The third-order valence-electron chi connectivity index (χ3n) is 2.80. The van der Waals surface area contributed by atoms with Crippen LogP contribution in [0.2, 0.25) is 4.34 Å². The quantitative estimate of drug-likeness (QED) is 0.647. The molecule has 0 saturated carbocycles. The fourth-order valence-electron chi connectivity index (χ4n) is 1.91. The Kier molecular flexibility index (Phi) is 4.34. The summed E-state index contributed by atoms with van der Waals surface area (Å²) in [6.45, 7) is 0. The molecule has 0 radical (unpaired) electrons. The molecular formula is C10H15ClN2S2. The van der Waals surface area contributed by atoms with Crippen LogP contribution in [0.25, 0.3) is 0 Å². The van der Waals surface area contributed by atoms with E-state index in [9.17, 15) is 0 Å². The Labute approximate surface area is 104 Å². The first kappa shape index (κ1) is 11.7. The molecule has 0 bridgehead atoms. The standard InChI is InChI=1S/C10H15ClN2S2/c11-10-2-1-8(15-10)5-9(13-12)7-3-4-14-6-7/h1-2,7,9,13H,3-6,12H2. The zero-order valence-corrected chi connectivity index (χ0v) is 10.8. The molecule has 84 valence electrons. The lowest BCUT2D eigenvalue weighted by atomic mass is 9.96. The van der Waals surface area contributed by atoms with E-state index >= 15 is 0 Å². The molecule has 0 amide bonds. The molecule has 1 aromatic rings. The minimum absolute atomic E-state index is 0.398. The third-order valence-corrected chi connectivity index (χ3v) is 5.24. The minimum Gasteiger partial charge on any atom is -0.271 e. The van der Waals surface area contributed by atoms with Gasteiger partial charge in [0.05, 0.1) is 4.34 Å². The summed E-state index contributed by atoms with van der Waals surface area (Å²) in [6, 6.07) is 4.45. The second-order valence-corrected chi connectivity index (χ2v) is 6.76. The number of hydrazine groups is 1. The van der Waals surface area contributed by atoms with Crippen LogP contribution in [-0.2, 0) is 6.42 Å². The Morgan fingerprint density at radius 2 is 2.47 bits per heavy atom. The topological polar surface area (TPSA) is 38.0 Å². The van der Waals surface area contributed by atoms with Crippen LogP contribution in [0, 0.1) is 5.92 Å². The van der Waals surface area contributed by atoms with Gasteiger partial charge in [-0.05, 0) is 42.4 Å². The van der Waals surface area contributed by atoms with Crippen molar-refractivity contribution < 1.29 is 0 Å². The number of rotatable bonds is 4. The lowest BCUT2D eigenvalue weighted by Crippen LogP contribution is -2.42. The Morgan fingerprint density at radius 1 is 1.60 bits per heavy atom. The number of hydrogen-bond donors (Lipinski definition) is 2. The van der Waals surface area contributed by atoms with Crippen LogP contribution in [0.5, 0.6) is 0 Å². The largest absolute Gasteiger partial charge is 0.271 e. The van der Waals surface area contributed by atoms with Gasteiger partial charge in [0.2, 0.25) is 0 Å². The van der Waals surface area contributed by atoms with Crippen LogP contribution >= 0.6 is 34.7 Å². The predicted octanol–water partition coefficient (Wildman–Crippen LogP) is 2.53. The van der Waals surface area contributed by atoms with Crippen molar-refractivity contribution in [3.05, 3.63) is 21.3 Å². The maximum atomic E-state index is 5.91. The first-order valence-electron chi connectivity index (χ1n) is 5.07. The number of hydrogen-bond acceptors (Lipinski definition) is 4. The molecule has 1 aromatic heterocycles. The van der Waals surface area contributed by atoms with Gasteiger partial charge in [-0.2, -0.15) is 11.8 Å². The summed E-state index contributed by atoms with van der Waals surface area (Å²) in [7, 11) is 0. The van der Waals surface area contributed by atoms with Crippen molar-refractivity contribution in [1.82, 2.24) is 5.43 Å². The van der Waals surface area contributed by atoms with E-state index in [1.165, 1.54) is 22.8 Å². The maximum absolute atomic E-state index is 5.91. The highest BCUT2D eigenvalue weighted by Gasteiger charge is 2.24. The summed E-state index contributed by atoms with van der Waals surface area (Å²) >= 11 is 9.59. The smallest absolute Gasteiger partial charge is 0.0931 e. The Hall–Kier alpha value is 0.260. The summed E-state index contributed by atoms with van der Waals surface area (Å²) in [6.07, 6.45) is 2.28. The lowest BCUT2D eigenvalue weighted by molar-refractivity contribution is 0.388. The van der Waals surface area contributed by atoms with Crippen LogP contribution in [0.1, 0.15) is 11.3 Å². The van der Waals surface area contributed by atoms with E-state index in [-0.39, 0.29) is 0 Å². The monoisotopic (exact) mass is 262 g/mol. The number of thiophene rings is 1. The van der Waals surface area contributed by atoms with Crippen molar-refractivity contribution in [2.45, 2.75) is 18.9 Å². The van der Waals surface area contributed by atoms with Gasteiger partial charge < -0.3 is 0 Å². The van der Waals surface area contributed by atoms with E-state index in [0.29, 0.717) is 12.0 Å². The minimum atomic E-state index is 0.398. The Balaban J connectivity index is 1.95. The molecule has 5 heteroatoms. The second kappa shape index (κ2) is 5.55. The molecule has 1 aliphatic heterocycles. The maximum Gasteiger partial charge on any atom is 0.0931 e. The highest BCUT2D eigenvalue weighted by atomic mass is 35.5. The van der Waals surface area contributed by atoms with Crippen LogP contribution in [0.4, 0.5) is 0 Å². The van der Waals surface area contributed by atoms with E-state index in [1.54, 1.807) is 11.3 Å². The second-order valence-electron chi connectivity index (χ2n) is 3.81. The van der Waals surface area contributed by atoms with Crippen LogP contribution in [-0.4, -0.2) is 17.5 Å². The molecule has 2 nitrogen and oxygen atoms in total. The van der Waals surface area contributed by atoms with Gasteiger partial charge in [0.15, 0.2) is 0 Å². The van der Waals surface area contributed by atoms with Crippen molar-refractivity contribution >= 4 is 34.7 Å². The summed E-state index contributed by atoms with van der Waals surface area (Å²) in [5.41, 5.74) is 2.95. The summed E-state index contributed by atoms with van der Waals surface area (Å²) in [4.78, 5) is 1.32. The van der Waals surface area contributed by atoms with Gasteiger partial charge in [-0.1, -0.05) is 11.6 Å². The molecule has 0 aliphatic carbocycles. The van der Waals surface area contributed by atoms with Gasteiger partial charge in [0, 0.05) is 10.9 Å². The van der Waals surface area contributed by atoms with Crippen LogP contribution in [0.15, 0.2) is 12.1 Å². The Morgan fingerprint density at radius 3 is 3.00 bits per heavy atom. The molecule has 3 N–H and O–H groups in total. The van der Waals surface area contributed by atoms with Gasteiger partial charge in [-0.3, -0.25) is 11.3 Å². The van der Waals surface area contributed by atoms with E-state index in [4.69, 9.17) is 17.4 Å². The average molecular weight is 263 g/mol. The van der Waals surface area contributed by atoms with Crippen LogP contribution in [0.3, 0.4) is 0 Å². The number of halogens is 1. The molecule has 2 heterocycles. The van der Waals surface area contributed by atoms with Gasteiger partial charge in [0.1, 0.15) is 0 Å².